The molecule has 0 aromatic heterocycles. The molecule has 0 spiro atoms. The minimum absolute atomic E-state index is 0. The van der Waals surface area contributed by atoms with Gasteiger partial charge in [-0.15, -0.1) is 0 Å². The van der Waals surface area contributed by atoms with Crippen molar-refractivity contribution in [3.05, 3.63) is 0 Å². The first-order valence-electron chi connectivity index (χ1n) is 4.46. The Morgan fingerprint density at radius 3 is 1.75 bits per heavy atom. The second-order valence-corrected chi connectivity index (χ2v) is 3.40. The van der Waals surface area contributed by atoms with Crippen molar-refractivity contribution in [3.8, 4) is 0 Å². The van der Waals surface area contributed by atoms with Gasteiger partial charge in [0.25, 0.3) is 0 Å². The van der Waals surface area contributed by atoms with Crippen molar-refractivity contribution >= 4 is 15.9 Å². The molecule has 0 N–H and O–H groups in total. The van der Waals surface area contributed by atoms with Crippen molar-refractivity contribution in [1.29, 1.82) is 0 Å². The maximum atomic E-state index is 5.28. The van der Waals surface area contributed by atoms with E-state index >= 15 is 0 Å². The molecule has 0 unspecified atom stereocenters. The van der Waals surface area contributed by atoms with Crippen LogP contribution in [0.4, 0.5) is 0 Å². The monoisotopic (exact) mass is 182 g/mol. The normalized spacial score (nSPS) is 8.83. The fourth-order valence-electron chi connectivity index (χ4n) is 0.600. The van der Waals surface area contributed by atoms with Crippen molar-refractivity contribution in [2.75, 3.05) is 13.2 Å². The SMILES string of the molecule is CCCC[O][Al+][O]CCCC.[H-].[H-].[Li+]. The van der Waals surface area contributed by atoms with Crippen molar-refractivity contribution in [3.63, 3.8) is 0 Å². The molecular weight excluding hydrogens is 162 g/mol. The van der Waals surface area contributed by atoms with Crippen LogP contribution in [0.5, 0.6) is 0 Å². The number of hydrogen-bond donors (Lipinski definition) is 0. The van der Waals surface area contributed by atoms with E-state index in [1.165, 1.54) is 12.8 Å². The summed E-state index contributed by atoms with van der Waals surface area (Å²) in [5, 5.41) is 0. The fourth-order valence-corrected chi connectivity index (χ4v) is 1.22. The van der Waals surface area contributed by atoms with E-state index in [0.717, 1.165) is 26.1 Å². The third-order valence-corrected chi connectivity index (χ3v) is 2.11. The smallest absolute Gasteiger partial charge is 1.00 e. The van der Waals surface area contributed by atoms with Crippen LogP contribution in [-0.2, 0) is 7.58 Å². The molecule has 0 rings (SSSR count). The Hall–Kier alpha value is 1.05. The van der Waals surface area contributed by atoms with Gasteiger partial charge in [-0.05, 0) is 0 Å². The minimum Gasteiger partial charge on any atom is -1.00 e. The third-order valence-electron chi connectivity index (χ3n) is 1.37. The molecule has 0 saturated heterocycles. The molecule has 0 radical (unpaired) electrons. The Bertz CT molecular complexity index is 74.4. The van der Waals surface area contributed by atoms with Crippen LogP contribution in [0.25, 0.3) is 0 Å². The molecule has 2 nitrogen and oxygen atoms in total. The maximum absolute atomic E-state index is 5.28. The van der Waals surface area contributed by atoms with Gasteiger partial charge in [0.2, 0.25) is 0 Å². The van der Waals surface area contributed by atoms with Gasteiger partial charge < -0.3 is 2.85 Å². The van der Waals surface area contributed by atoms with E-state index in [1.54, 1.807) is 0 Å². The Morgan fingerprint density at radius 2 is 1.42 bits per heavy atom. The summed E-state index contributed by atoms with van der Waals surface area (Å²) in [6, 6.07) is 0. The van der Waals surface area contributed by atoms with Crippen molar-refractivity contribution < 1.29 is 29.3 Å². The second kappa shape index (κ2) is 14.6. The molecule has 0 aliphatic heterocycles. The average molecular weight is 182 g/mol. The predicted octanol–water partition coefficient (Wildman–Crippen LogP) is -0.617. The third kappa shape index (κ3) is 13.6. The molecule has 4 heteroatoms. The summed E-state index contributed by atoms with van der Waals surface area (Å²) in [4.78, 5) is 0. The van der Waals surface area contributed by atoms with Crippen LogP contribution >= 0.6 is 0 Å². The summed E-state index contributed by atoms with van der Waals surface area (Å²) in [6.07, 6.45) is 4.72. The molecule has 0 aromatic rings. The molecule has 0 fully saturated rings. The van der Waals surface area contributed by atoms with E-state index in [0.29, 0.717) is 0 Å². The predicted molar refractivity (Wildman–Crippen MR) is 49.7 cm³/mol. The van der Waals surface area contributed by atoms with Crippen molar-refractivity contribution in [2.45, 2.75) is 39.5 Å². The van der Waals surface area contributed by atoms with E-state index in [1.807, 2.05) is 0 Å². The summed E-state index contributed by atoms with van der Waals surface area (Å²) >= 11 is -0.189. The molecule has 0 aromatic carbocycles. The Kier molecular flexibility index (Phi) is 18.8. The van der Waals surface area contributed by atoms with Gasteiger partial charge in [-0.25, -0.2) is 0 Å². The van der Waals surface area contributed by atoms with Gasteiger partial charge in [-0.1, -0.05) is 0 Å². The summed E-state index contributed by atoms with van der Waals surface area (Å²) in [5.41, 5.74) is 0. The van der Waals surface area contributed by atoms with Crippen LogP contribution in [-0.4, -0.2) is 29.1 Å². The molecule has 0 atom stereocenters. The Labute approximate surface area is 97.9 Å². The summed E-state index contributed by atoms with van der Waals surface area (Å²) in [6.45, 7) is 6.07. The maximum Gasteiger partial charge on any atom is 1.00 e. The second-order valence-electron chi connectivity index (χ2n) is 2.54. The summed E-state index contributed by atoms with van der Waals surface area (Å²) in [7, 11) is 0. The average Bonchev–Trinajstić information content (AvgIpc) is 2.03. The topological polar surface area (TPSA) is 18.5 Å². The molecule has 0 aliphatic carbocycles. The standard InChI is InChI=1S/2C4H9O.Al.Li.2H/c2*1-2-3-4-5;;;;/h2*2-4H2,1H3;;;;/q2*-1;+3;+1;2*-1. The molecule has 0 saturated carbocycles. The zero-order valence-electron chi connectivity index (χ0n) is 10.6. The molecule has 0 aliphatic rings. The van der Waals surface area contributed by atoms with Crippen molar-refractivity contribution in [1.82, 2.24) is 0 Å². The quantitative estimate of drug-likeness (QED) is 0.368. The van der Waals surface area contributed by atoms with Gasteiger partial charge in [0.1, 0.15) is 0 Å². The van der Waals surface area contributed by atoms with Crippen molar-refractivity contribution in [2.24, 2.45) is 0 Å². The van der Waals surface area contributed by atoms with Gasteiger partial charge in [0.15, 0.2) is 0 Å². The number of hydrogen-bond acceptors (Lipinski definition) is 2. The molecular formula is C8H20AlLiO2. The Balaban J connectivity index is -0.000000167. The molecule has 0 heterocycles. The Morgan fingerprint density at radius 1 is 1.00 bits per heavy atom. The van der Waals surface area contributed by atoms with Crippen LogP contribution in [0.3, 0.4) is 0 Å². The van der Waals surface area contributed by atoms with Crippen LogP contribution in [0.1, 0.15) is 42.4 Å². The van der Waals surface area contributed by atoms with E-state index in [-0.39, 0.29) is 37.6 Å². The molecule has 0 bridgehead atoms. The zero-order valence-corrected chi connectivity index (χ0v) is 9.79. The summed E-state index contributed by atoms with van der Waals surface area (Å²) in [5.74, 6) is 0. The van der Waals surface area contributed by atoms with E-state index in [4.69, 9.17) is 7.58 Å². The first-order chi connectivity index (χ1) is 5.41. The van der Waals surface area contributed by atoms with E-state index in [9.17, 15) is 0 Å². The largest absolute Gasteiger partial charge is 1.00 e. The van der Waals surface area contributed by atoms with Gasteiger partial charge in [-0.3, -0.25) is 0 Å². The van der Waals surface area contributed by atoms with Gasteiger partial charge in [0.05, 0.1) is 0 Å². The molecule has 0 amide bonds. The first-order valence-corrected chi connectivity index (χ1v) is 5.41. The molecule has 12 heavy (non-hydrogen) atoms. The van der Waals surface area contributed by atoms with Crippen LogP contribution in [0.15, 0.2) is 0 Å². The van der Waals surface area contributed by atoms with Gasteiger partial charge in [0, 0.05) is 0 Å². The van der Waals surface area contributed by atoms with Crippen LogP contribution < -0.4 is 18.9 Å². The zero-order chi connectivity index (χ0) is 8.36. The van der Waals surface area contributed by atoms with E-state index < -0.39 is 0 Å². The van der Waals surface area contributed by atoms with Crippen LogP contribution in [0, 0.1) is 0 Å². The minimum atomic E-state index is -0.189. The van der Waals surface area contributed by atoms with E-state index in [2.05, 4.69) is 13.8 Å². The first kappa shape index (κ1) is 15.5. The number of unbranched alkanes of at least 4 members (excludes halogenated alkanes) is 2. The summed E-state index contributed by atoms with van der Waals surface area (Å²) < 4.78 is 10.6. The van der Waals surface area contributed by atoms with Crippen LogP contribution in [0.2, 0.25) is 0 Å². The van der Waals surface area contributed by atoms with Gasteiger partial charge in [-0.2, -0.15) is 0 Å². The number of rotatable bonds is 8. The molecule has 68 valence electrons. The fraction of sp³-hybridized carbons (Fsp3) is 1.00. The van der Waals surface area contributed by atoms with Gasteiger partial charge >= 0.3 is 95.1 Å².